The van der Waals surface area contributed by atoms with Crippen LogP contribution < -0.4 is 4.74 Å². The standard InChI is InChI=1S/C21H22N2O2S/c1-3-16-7-9-17(10-8-16)12-23(2)21(24)18-5-4-6-20(11-18)25-13-19-14-26-15-22-19/h4-11,14-15H,3,12-13H2,1-2H3. The Morgan fingerprint density at radius 2 is 1.92 bits per heavy atom. The van der Waals surface area contributed by atoms with Crippen LogP contribution in [0.2, 0.25) is 0 Å². The number of nitrogens with zero attached hydrogens (tertiary/aromatic N) is 2. The molecule has 1 aromatic heterocycles. The van der Waals surface area contributed by atoms with Crippen molar-refractivity contribution in [3.8, 4) is 5.75 Å². The lowest BCUT2D eigenvalue weighted by atomic mass is 10.1. The molecule has 0 bridgehead atoms. The number of ether oxygens (including phenoxy) is 1. The fraction of sp³-hybridized carbons (Fsp3) is 0.238. The Bertz CT molecular complexity index is 845. The third-order valence-electron chi connectivity index (χ3n) is 4.15. The number of aromatic nitrogens is 1. The van der Waals surface area contributed by atoms with Gasteiger partial charge >= 0.3 is 0 Å². The van der Waals surface area contributed by atoms with E-state index in [1.807, 2.05) is 30.6 Å². The zero-order valence-corrected chi connectivity index (χ0v) is 15.8. The quantitative estimate of drug-likeness (QED) is 0.616. The molecule has 26 heavy (non-hydrogen) atoms. The van der Waals surface area contributed by atoms with Crippen molar-refractivity contribution in [3.63, 3.8) is 0 Å². The third-order valence-corrected chi connectivity index (χ3v) is 4.78. The highest BCUT2D eigenvalue weighted by Crippen LogP contribution is 2.17. The van der Waals surface area contributed by atoms with Gasteiger partial charge in [-0.1, -0.05) is 37.3 Å². The second-order valence-electron chi connectivity index (χ2n) is 6.13. The summed E-state index contributed by atoms with van der Waals surface area (Å²) in [5.74, 6) is 0.647. The topological polar surface area (TPSA) is 42.4 Å². The van der Waals surface area contributed by atoms with E-state index in [0.29, 0.717) is 24.5 Å². The molecule has 1 heterocycles. The van der Waals surface area contributed by atoms with Crippen LogP contribution in [0, 0.1) is 0 Å². The highest BCUT2D eigenvalue weighted by molar-refractivity contribution is 7.07. The molecule has 0 saturated carbocycles. The summed E-state index contributed by atoms with van der Waals surface area (Å²) in [6.07, 6.45) is 1.02. The SMILES string of the molecule is CCc1ccc(CN(C)C(=O)c2cccc(OCc3cscn3)c2)cc1. The molecule has 0 spiro atoms. The molecule has 0 radical (unpaired) electrons. The molecule has 4 nitrogen and oxygen atoms in total. The van der Waals surface area contributed by atoms with Crippen LogP contribution in [0.25, 0.3) is 0 Å². The minimum atomic E-state index is -0.0244. The zero-order valence-electron chi connectivity index (χ0n) is 15.0. The van der Waals surface area contributed by atoms with E-state index in [9.17, 15) is 4.79 Å². The molecule has 0 aliphatic heterocycles. The molecule has 0 aliphatic rings. The summed E-state index contributed by atoms with van der Waals surface area (Å²) < 4.78 is 5.74. The van der Waals surface area contributed by atoms with Gasteiger partial charge < -0.3 is 9.64 Å². The van der Waals surface area contributed by atoms with Crippen molar-refractivity contribution in [1.29, 1.82) is 0 Å². The second-order valence-corrected chi connectivity index (χ2v) is 6.85. The van der Waals surface area contributed by atoms with E-state index in [2.05, 4.69) is 36.2 Å². The summed E-state index contributed by atoms with van der Waals surface area (Å²) in [4.78, 5) is 18.6. The van der Waals surface area contributed by atoms with Crippen LogP contribution >= 0.6 is 11.3 Å². The summed E-state index contributed by atoms with van der Waals surface area (Å²) in [5.41, 5.74) is 5.70. The lowest BCUT2D eigenvalue weighted by Gasteiger charge is -2.18. The average molecular weight is 366 g/mol. The Hall–Kier alpha value is -2.66. The molecule has 3 aromatic rings. The fourth-order valence-electron chi connectivity index (χ4n) is 2.63. The molecule has 0 N–H and O–H groups in total. The molecule has 0 fully saturated rings. The maximum Gasteiger partial charge on any atom is 0.254 e. The molecule has 3 rings (SSSR count). The summed E-state index contributed by atoms with van der Waals surface area (Å²) in [7, 11) is 1.82. The summed E-state index contributed by atoms with van der Waals surface area (Å²) in [5, 5.41) is 1.95. The van der Waals surface area contributed by atoms with Gasteiger partial charge in [-0.05, 0) is 35.7 Å². The van der Waals surface area contributed by atoms with Gasteiger partial charge in [0.2, 0.25) is 0 Å². The molecular formula is C21H22N2O2S. The number of hydrogen-bond acceptors (Lipinski definition) is 4. The first-order valence-electron chi connectivity index (χ1n) is 8.59. The van der Waals surface area contributed by atoms with Gasteiger partial charge in [0.1, 0.15) is 12.4 Å². The van der Waals surface area contributed by atoms with Crippen LogP contribution in [0.15, 0.2) is 59.4 Å². The van der Waals surface area contributed by atoms with Gasteiger partial charge in [0.05, 0.1) is 11.2 Å². The van der Waals surface area contributed by atoms with Crippen molar-refractivity contribution in [2.75, 3.05) is 7.05 Å². The molecule has 0 atom stereocenters. The third kappa shape index (κ3) is 4.70. The highest BCUT2D eigenvalue weighted by Gasteiger charge is 2.13. The Morgan fingerprint density at radius 3 is 2.62 bits per heavy atom. The van der Waals surface area contributed by atoms with Crippen LogP contribution in [0.1, 0.15) is 34.1 Å². The summed E-state index contributed by atoms with van der Waals surface area (Å²) in [6.45, 7) is 3.11. The van der Waals surface area contributed by atoms with Crippen LogP contribution in [-0.4, -0.2) is 22.8 Å². The van der Waals surface area contributed by atoms with Gasteiger partial charge in [0.15, 0.2) is 0 Å². The average Bonchev–Trinajstić information content (AvgIpc) is 3.20. The van der Waals surface area contributed by atoms with Gasteiger partial charge in [-0.2, -0.15) is 0 Å². The number of carbonyl (C=O) groups excluding carboxylic acids is 1. The van der Waals surface area contributed by atoms with E-state index in [1.165, 1.54) is 16.9 Å². The minimum Gasteiger partial charge on any atom is -0.487 e. The lowest BCUT2D eigenvalue weighted by molar-refractivity contribution is 0.0784. The Morgan fingerprint density at radius 1 is 1.15 bits per heavy atom. The molecule has 0 aliphatic carbocycles. The van der Waals surface area contributed by atoms with Crippen LogP contribution in [0.4, 0.5) is 0 Å². The number of thiazole rings is 1. The predicted octanol–water partition coefficient (Wildman–Crippen LogP) is 4.56. The normalized spacial score (nSPS) is 10.5. The number of rotatable bonds is 7. The zero-order chi connectivity index (χ0) is 18.4. The maximum absolute atomic E-state index is 12.7. The van der Waals surface area contributed by atoms with Gasteiger partial charge in [0, 0.05) is 24.5 Å². The van der Waals surface area contributed by atoms with Crippen LogP contribution in [-0.2, 0) is 19.6 Å². The summed E-state index contributed by atoms with van der Waals surface area (Å²) in [6, 6.07) is 15.7. The van der Waals surface area contributed by atoms with Crippen LogP contribution in [0.3, 0.4) is 0 Å². The Kier molecular flexibility index (Phi) is 6.02. The molecule has 1 amide bonds. The second kappa shape index (κ2) is 8.63. The molecule has 0 unspecified atom stereocenters. The van der Waals surface area contributed by atoms with Gasteiger partial charge in [-0.3, -0.25) is 4.79 Å². The van der Waals surface area contributed by atoms with E-state index in [0.717, 1.165) is 17.7 Å². The van der Waals surface area contributed by atoms with Crippen molar-refractivity contribution in [2.45, 2.75) is 26.5 Å². The molecule has 2 aromatic carbocycles. The largest absolute Gasteiger partial charge is 0.487 e. The summed E-state index contributed by atoms with van der Waals surface area (Å²) >= 11 is 1.54. The molecular weight excluding hydrogens is 344 g/mol. The first-order chi connectivity index (χ1) is 12.7. The maximum atomic E-state index is 12.7. The number of amides is 1. The first kappa shape index (κ1) is 18.1. The predicted molar refractivity (Wildman–Crippen MR) is 105 cm³/mol. The lowest BCUT2D eigenvalue weighted by Crippen LogP contribution is -2.26. The van der Waals surface area contributed by atoms with Crippen molar-refractivity contribution < 1.29 is 9.53 Å². The monoisotopic (exact) mass is 366 g/mol. The number of benzene rings is 2. The Balaban J connectivity index is 1.63. The minimum absolute atomic E-state index is 0.0244. The van der Waals surface area contributed by atoms with Gasteiger partial charge in [-0.15, -0.1) is 11.3 Å². The van der Waals surface area contributed by atoms with E-state index in [-0.39, 0.29) is 5.91 Å². The number of hydrogen-bond donors (Lipinski definition) is 0. The first-order valence-corrected chi connectivity index (χ1v) is 9.53. The van der Waals surface area contributed by atoms with Gasteiger partial charge in [-0.25, -0.2) is 4.98 Å². The number of carbonyl (C=O) groups is 1. The molecule has 0 saturated heterocycles. The van der Waals surface area contributed by atoms with Gasteiger partial charge in [0.25, 0.3) is 5.91 Å². The van der Waals surface area contributed by atoms with Crippen molar-refractivity contribution >= 4 is 17.2 Å². The molecule has 134 valence electrons. The van der Waals surface area contributed by atoms with E-state index >= 15 is 0 Å². The van der Waals surface area contributed by atoms with Crippen molar-refractivity contribution in [3.05, 3.63) is 81.8 Å². The molecule has 5 heteroatoms. The van der Waals surface area contributed by atoms with E-state index in [4.69, 9.17) is 4.74 Å². The highest BCUT2D eigenvalue weighted by atomic mass is 32.1. The van der Waals surface area contributed by atoms with Crippen molar-refractivity contribution in [2.24, 2.45) is 0 Å². The van der Waals surface area contributed by atoms with E-state index in [1.54, 1.807) is 16.5 Å². The number of aryl methyl sites for hydroxylation is 1. The van der Waals surface area contributed by atoms with E-state index < -0.39 is 0 Å². The fourth-order valence-corrected chi connectivity index (χ4v) is 3.17. The Labute approximate surface area is 158 Å². The van der Waals surface area contributed by atoms with Crippen molar-refractivity contribution in [1.82, 2.24) is 9.88 Å². The van der Waals surface area contributed by atoms with Crippen LogP contribution in [0.5, 0.6) is 5.75 Å². The smallest absolute Gasteiger partial charge is 0.254 e.